The van der Waals surface area contributed by atoms with Crippen LogP contribution in [-0.2, 0) is 6.54 Å². The van der Waals surface area contributed by atoms with Crippen molar-refractivity contribution in [2.75, 3.05) is 26.7 Å². The topological polar surface area (TPSA) is 48.1 Å². The third-order valence-corrected chi connectivity index (χ3v) is 5.51. The predicted octanol–water partition coefficient (Wildman–Crippen LogP) is 3.85. The Morgan fingerprint density at radius 1 is 1.21 bits per heavy atom. The lowest BCUT2D eigenvalue weighted by Gasteiger charge is -2.34. The molecule has 0 saturated carbocycles. The quantitative estimate of drug-likeness (QED) is 0.626. The van der Waals surface area contributed by atoms with Crippen molar-refractivity contribution in [1.82, 2.24) is 24.2 Å². The molecule has 28 heavy (non-hydrogen) atoms. The van der Waals surface area contributed by atoms with E-state index in [1.165, 1.54) is 32.4 Å². The van der Waals surface area contributed by atoms with E-state index in [0.717, 1.165) is 29.2 Å². The summed E-state index contributed by atoms with van der Waals surface area (Å²) in [5.74, 6) is 1.91. The summed E-state index contributed by atoms with van der Waals surface area (Å²) < 4.78 is 9.86. The highest BCUT2D eigenvalue weighted by Gasteiger charge is 2.23. The molecule has 0 bridgehead atoms. The van der Waals surface area contributed by atoms with Crippen molar-refractivity contribution >= 4 is 0 Å². The van der Waals surface area contributed by atoms with E-state index in [2.05, 4.69) is 39.8 Å². The number of ether oxygens (including phenoxy) is 1. The summed E-state index contributed by atoms with van der Waals surface area (Å²) in [4.78, 5) is 7.29. The SMILES string of the molecule is CCCN1CCCC(n2ccnc2-c2ccc(OC)c(Cn3cccn3)c2)C1. The molecule has 1 aliphatic rings. The first-order valence-corrected chi connectivity index (χ1v) is 10.2. The summed E-state index contributed by atoms with van der Waals surface area (Å²) >= 11 is 0. The fourth-order valence-electron chi connectivity index (χ4n) is 4.22. The molecule has 1 atom stereocenters. The van der Waals surface area contributed by atoms with Gasteiger partial charge < -0.3 is 14.2 Å². The summed E-state index contributed by atoms with van der Waals surface area (Å²) in [5, 5.41) is 4.33. The van der Waals surface area contributed by atoms with Crippen LogP contribution in [0.25, 0.3) is 11.4 Å². The van der Waals surface area contributed by atoms with Gasteiger partial charge in [0.15, 0.2) is 0 Å². The Morgan fingerprint density at radius 2 is 2.14 bits per heavy atom. The van der Waals surface area contributed by atoms with Gasteiger partial charge in [0.1, 0.15) is 11.6 Å². The Labute approximate surface area is 166 Å². The molecule has 0 spiro atoms. The van der Waals surface area contributed by atoms with Crippen LogP contribution in [0.15, 0.2) is 49.1 Å². The van der Waals surface area contributed by atoms with Gasteiger partial charge in [0.2, 0.25) is 0 Å². The smallest absolute Gasteiger partial charge is 0.140 e. The molecule has 6 nitrogen and oxygen atoms in total. The molecule has 1 aliphatic heterocycles. The minimum Gasteiger partial charge on any atom is -0.496 e. The van der Waals surface area contributed by atoms with Crippen molar-refractivity contribution in [3.05, 3.63) is 54.6 Å². The maximum Gasteiger partial charge on any atom is 0.140 e. The van der Waals surface area contributed by atoms with Crippen LogP contribution in [0, 0.1) is 0 Å². The van der Waals surface area contributed by atoms with Crippen LogP contribution in [0.2, 0.25) is 0 Å². The van der Waals surface area contributed by atoms with Gasteiger partial charge >= 0.3 is 0 Å². The van der Waals surface area contributed by atoms with E-state index in [4.69, 9.17) is 9.72 Å². The van der Waals surface area contributed by atoms with Crippen LogP contribution >= 0.6 is 0 Å². The summed E-state index contributed by atoms with van der Waals surface area (Å²) in [7, 11) is 1.72. The third kappa shape index (κ3) is 3.97. The van der Waals surface area contributed by atoms with Crippen molar-refractivity contribution in [2.24, 2.45) is 0 Å². The Kier molecular flexibility index (Phi) is 5.76. The Hall–Kier alpha value is -2.60. The molecule has 0 aliphatic carbocycles. The molecule has 0 N–H and O–H groups in total. The number of hydrogen-bond donors (Lipinski definition) is 0. The monoisotopic (exact) mass is 379 g/mol. The number of rotatable bonds is 7. The predicted molar refractivity (Wildman–Crippen MR) is 111 cm³/mol. The molecule has 1 saturated heterocycles. The molecular formula is C22H29N5O. The average Bonchev–Trinajstić information content (AvgIpc) is 3.40. The number of imidazole rings is 1. The van der Waals surface area contributed by atoms with Crippen molar-refractivity contribution < 1.29 is 4.74 Å². The molecule has 1 aromatic carbocycles. The molecule has 148 valence electrons. The van der Waals surface area contributed by atoms with Crippen molar-refractivity contribution in [3.63, 3.8) is 0 Å². The highest BCUT2D eigenvalue weighted by molar-refractivity contribution is 5.59. The van der Waals surface area contributed by atoms with Crippen LogP contribution in [0.4, 0.5) is 0 Å². The van der Waals surface area contributed by atoms with Crippen LogP contribution in [0.1, 0.15) is 37.8 Å². The number of aromatic nitrogens is 4. The lowest BCUT2D eigenvalue weighted by molar-refractivity contribution is 0.178. The second kappa shape index (κ2) is 8.61. The lowest BCUT2D eigenvalue weighted by atomic mass is 10.0. The first kappa shape index (κ1) is 18.7. The van der Waals surface area contributed by atoms with E-state index >= 15 is 0 Å². The van der Waals surface area contributed by atoms with Crippen LogP contribution in [0.5, 0.6) is 5.75 Å². The van der Waals surface area contributed by atoms with Crippen molar-refractivity contribution in [2.45, 2.75) is 38.8 Å². The molecular weight excluding hydrogens is 350 g/mol. The molecule has 1 unspecified atom stereocenters. The Balaban J connectivity index is 1.62. The number of nitrogens with zero attached hydrogens (tertiary/aromatic N) is 5. The highest BCUT2D eigenvalue weighted by Crippen LogP contribution is 2.30. The Bertz CT molecular complexity index is 884. The minimum atomic E-state index is 0.481. The van der Waals surface area contributed by atoms with Crippen LogP contribution < -0.4 is 4.74 Å². The summed E-state index contributed by atoms with van der Waals surface area (Å²) in [6.45, 7) is 6.43. The minimum absolute atomic E-state index is 0.481. The van der Waals surface area contributed by atoms with Gasteiger partial charge in [-0.1, -0.05) is 6.92 Å². The number of benzene rings is 1. The van der Waals surface area contributed by atoms with Gasteiger partial charge in [0, 0.05) is 48.5 Å². The van der Waals surface area contributed by atoms with Gasteiger partial charge in [-0.2, -0.15) is 5.10 Å². The second-order valence-corrected chi connectivity index (χ2v) is 7.49. The van der Waals surface area contributed by atoms with E-state index in [1.54, 1.807) is 13.3 Å². The van der Waals surface area contributed by atoms with Crippen molar-refractivity contribution in [1.29, 1.82) is 0 Å². The fraction of sp³-hybridized carbons (Fsp3) is 0.455. The van der Waals surface area contributed by atoms with Gasteiger partial charge in [-0.15, -0.1) is 0 Å². The standard InChI is InChI=1S/C22H29N5O/c1-3-11-25-12-4-6-20(17-25)27-14-10-23-22(27)18-7-8-21(28-2)19(15-18)16-26-13-5-9-24-26/h5,7-10,13-15,20H,3-4,6,11-12,16-17H2,1-2H3. The molecule has 6 heteroatoms. The van der Waals surface area contributed by atoms with Gasteiger partial charge in [-0.05, 0) is 56.6 Å². The van der Waals surface area contributed by atoms with E-state index < -0.39 is 0 Å². The summed E-state index contributed by atoms with van der Waals surface area (Å²) in [6, 6.07) is 8.75. The zero-order valence-corrected chi connectivity index (χ0v) is 16.8. The zero-order valence-electron chi connectivity index (χ0n) is 16.8. The normalized spacial score (nSPS) is 17.7. The van der Waals surface area contributed by atoms with Crippen LogP contribution in [0.3, 0.4) is 0 Å². The van der Waals surface area contributed by atoms with E-state index in [-0.39, 0.29) is 0 Å². The van der Waals surface area contributed by atoms with Crippen LogP contribution in [-0.4, -0.2) is 51.0 Å². The molecule has 0 amide bonds. The first-order chi connectivity index (χ1) is 13.8. The Morgan fingerprint density at radius 3 is 2.93 bits per heavy atom. The zero-order chi connectivity index (χ0) is 19.3. The van der Waals surface area contributed by atoms with Gasteiger partial charge in [0.05, 0.1) is 13.7 Å². The van der Waals surface area contributed by atoms with E-state index in [1.807, 2.05) is 29.2 Å². The maximum atomic E-state index is 5.58. The molecule has 4 rings (SSSR count). The molecule has 0 radical (unpaired) electrons. The largest absolute Gasteiger partial charge is 0.496 e. The van der Waals surface area contributed by atoms with Gasteiger partial charge in [-0.3, -0.25) is 4.68 Å². The van der Waals surface area contributed by atoms with E-state index in [0.29, 0.717) is 12.6 Å². The maximum absolute atomic E-state index is 5.58. The van der Waals surface area contributed by atoms with E-state index in [9.17, 15) is 0 Å². The number of hydrogen-bond acceptors (Lipinski definition) is 4. The molecule has 1 fully saturated rings. The number of methoxy groups -OCH3 is 1. The van der Waals surface area contributed by atoms with Gasteiger partial charge in [0.25, 0.3) is 0 Å². The van der Waals surface area contributed by atoms with Gasteiger partial charge in [-0.25, -0.2) is 4.98 Å². The highest BCUT2D eigenvalue weighted by atomic mass is 16.5. The lowest BCUT2D eigenvalue weighted by Crippen LogP contribution is -2.37. The number of piperidine rings is 1. The second-order valence-electron chi connectivity index (χ2n) is 7.49. The fourth-order valence-corrected chi connectivity index (χ4v) is 4.22. The molecule has 2 aromatic heterocycles. The summed E-state index contributed by atoms with van der Waals surface area (Å²) in [5.41, 5.74) is 2.23. The number of likely N-dealkylation sites (tertiary alicyclic amines) is 1. The summed E-state index contributed by atoms with van der Waals surface area (Å²) in [6.07, 6.45) is 11.5. The molecule has 3 heterocycles. The average molecular weight is 380 g/mol. The van der Waals surface area contributed by atoms with Crippen molar-refractivity contribution in [3.8, 4) is 17.1 Å². The molecule has 3 aromatic rings. The first-order valence-electron chi connectivity index (χ1n) is 10.2. The third-order valence-electron chi connectivity index (χ3n) is 5.51.